The van der Waals surface area contributed by atoms with Crippen LogP contribution in [0.15, 0.2) is 18.2 Å². The third-order valence-electron chi connectivity index (χ3n) is 3.25. The van der Waals surface area contributed by atoms with Crippen LogP contribution in [0, 0.1) is 12.7 Å². The molecule has 1 aliphatic rings. The average molecular weight is 251 g/mol. The molecule has 1 aliphatic heterocycles. The molecule has 18 heavy (non-hydrogen) atoms. The van der Waals surface area contributed by atoms with E-state index < -0.39 is 0 Å². The van der Waals surface area contributed by atoms with Crippen LogP contribution in [0.3, 0.4) is 0 Å². The molecule has 0 saturated carbocycles. The van der Waals surface area contributed by atoms with Gasteiger partial charge in [0.1, 0.15) is 5.82 Å². The molecule has 5 heteroatoms. The molecule has 2 N–H and O–H groups in total. The van der Waals surface area contributed by atoms with Gasteiger partial charge in [-0.2, -0.15) is 0 Å². The number of hydrogen-bond acceptors (Lipinski definition) is 3. The molecule has 0 unspecified atom stereocenters. The van der Waals surface area contributed by atoms with Gasteiger partial charge in [0.05, 0.1) is 6.54 Å². The van der Waals surface area contributed by atoms with Crippen LogP contribution in [0.2, 0.25) is 0 Å². The smallest absolute Gasteiger partial charge is 0.231 e. The van der Waals surface area contributed by atoms with E-state index in [9.17, 15) is 9.18 Å². The minimum atomic E-state index is -0.290. The molecular weight excluding hydrogens is 233 g/mol. The Bertz CT molecular complexity index is 442. The van der Waals surface area contributed by atoms with Gasteiger partial charge in [-0.1, -0.05) is 0 Å². The molecule has 1 aromatic carbocycles. The SMILES string of the molecule is Cc1cc(F)ccc1N1CCN(CC(N)=O)CC1. The fraction of sp³-hybridized carbons (Fsp3) is 0.462. The minimum absolute atomic E-state index is 0.205. The summed E-state index contributed by atoms with van der Waals surface area (Å²) in [6.45, 7) is 5.50. The normalized spacial score (nSPS) is 16.9. The van der Waals surface area contributed by atoms with Crippen LogP contribution in [0.5, 0.6) is 0 Å². The lowest BCUT2D eigenvalue weighted by Crippen LogP contribution is -2.49. The highest BCUT2D eigenvalue weighted by Gasteiger charge is 2.19. The average Bonchev–Trinajstić information content (AvgIpc) is 2.30. The molecule has 1 saturated heterocycles. The number of nitrogens with two attached hydrogens (primary N) is 1. The van der Waals surface area contributed by atoms with Gasteiger partial charge in [-0.25, -0.2) is 4.39 Å². The largest absolute Gasteiger partial charge is 0.369 e. The zero-order chi connectivity index (χ0) is 13.1. The van der Waals surface area contributed by atoms with Gasteiger partial charge in [0.25, 0.3) is 0 Å². The fourth-order valence-electron chi connectivity index (χ4n) is 2.34. The second kappa shape index (κ2) is 5.35. The molecule has 0 radical (unpaired) electrons. The Morgan fingerprint density at radius 3 is 2.56 bits per heavy atom. The van der Waals surface area contributed by atoms with Crippen LogP contribution >= 0.6 is 0 Å². The molecule has 98 valence electrons. The molecule has 0 aromatic heterocycles. The highest BCUT2D eigenvalue weighted by molar-refractivity contribution is 5.76. The van der Waals surface area contributed by atoms with Gasteiger partial charge in [0.2, 0.25) is 5.91 Å². The highest BCUT2D eigenvalue weighted by Crippen LogP contribution is 2.22. The number of hydrogen-bond donors (Lipinski definition) is 1. The van der Waals surface area contributed by atoms with Crippen molar-refractivity contribution in [2.75, 3.05) is 37.6 Å². The van der Waals surface area contributed by atoms with Crippen LogP contribution < -0.4 is 10.6 Å². The molecule has 1 fully saturated rings. The third kappa shape index (κ3) is 2.98. The second-order valence-electron chi connectivity index (χ2n) is 4.66. The van der Waals surface area contributed by atoms with Crippen molar-refractivity contribution >= 4 is 11.6 Å². The Hall–Kier alpha value is -1.62. The van der Waals surface area contributed by atoms with E-state index in [2.05, 4.69) is 4.90 Å². The molecule has 4 nitrogen and oxygen atoms in total. The maximum absolute atomic E-state index is 13.0. The van der Waals surface area contributed by atoms with Crippen LogP contribution in [0.25, 0.3) is 0 Å². The maximum Gasteiger partial charge on any atom is 0.231 e. The Kier molecular flexibility index (Phi) is 3.81. The molecular formula is C13H18FN3O. The molecule has 0 atom stereocenters. The number of carbonyl (C=O) groups excluding carboxylic acids is 1. The molecule has 2 rings (SSSR count). The molecule has 0 bridgehead atoms. The molecule has 1 heterocycles. The van der Waals surface area contributed by atoms with Gasteiger partial charge in [0.15, 0.2) is 0 Å². The van der Waals surface area contributed by atoms with Gasteiger partial charge < -0.3 is 10.6 Å². The van der Waals surface area contributed by atoms with Crippen molar-refractivity contribution in [2.24, 2.45) is 5.73 Å². The first-order valence-electron chi connectivity index (χ1n) is 6.08. The molecule has 0 aliphatic carbocycles. The fourth-order valence-corrected chi connectivity index (χ4v) is 2.34. The third-order valence-corrected chi connectivity index (χ3v) is 3.25. The van der Waals surface area contributed by atoms with Gasteiger partial charge >= 0.3 is 0 Å². The van der Waals surface area contributed by atoms with Crippen LogP contribution in [-0.4, -0.2) is 43.5 Å². The maximum atomic E-state index is 13.0. The van der Waals surface area contributed by atoms with E-state index >= 15 is 0 Å². The summed E-state index contributed by atoms with van der Waals surface area (Å²) in [7, 11) is 0. The lowest BCUT2D eigenvalue weighted by Gasteiger charge is -2.36. The van der Waals surface area contributed by atoms with E-state index in [-0.39, 0.29) is 11.7 Å². The second-order valence-corrected chi connectivity index (χ2v) is 4.66. The lowest BCUT2D eigenvalue weighted by molar-refractivity contribution is -0.119. The van der Waals surface area contributed by atoms with Gasteiger partial charge in [0, 0.05) is 31.9 Å². The van der Waals surface area contributed by atoms with Gasteiger partial charge in [-0.3, -0.25) is 9.69 Å². The van der Waals surface area contributed by atoms with Crippen molar-refractivity contribution in [1.29, 1.82) is 0 Å². The Morgan fingerprint density at radius 1 is 1.33 bits per heavy atom. The topological polar surface area (TPSA) is 49.6 Å². The van der Waals surface area contributed by atoms with E-state index in [4.69, 9.17) is 5.73 Å². The summed E-state index contributed by atoms with van der Waals surface area (Å²) in [6.07, 6.45) is 0. The molecule has 0 spiro atoms. The van der Waals surface area contributed by atoms with Crippen molar-refractivity contribution in [3.8, 4) is 0 Å². The zero-order valence-electron chi connectivity index (χ0n) is 10.5. The number of carbonyl (C=O) groups is 1. The Labute approximate surface area is 106 Å². The predicted octanol–water partition coefficient (Wildman–Crippen LogP) is 0.741. The van der Waals surface area contributed by atoms with Crippen molar-refractivity contribution in [2.45, 2.75) is 6.92 Å². The summed E-state index contributed by atoms with van der Waals surface area (Å²) in [6, 6.07) is 4.84. The van der Waals surface area contributed by atoms with Crippen LogP contribution in [0.1, 0.15) is 5.56 Å². The first-order valence-corrected chi connectivity index (χ1v) is 6.08. The number of aryl methyl sites for hydroxylation is 1. The van der Waals surface area contributed by atoms with Crippen molar-refractivity contribution in [3.05, 3.63) is 29.6 Å². The number of anilines is 1. The number of nitrogens with zero attached hydrogens (tertiary/aromatic N) is 2. The summed E-state index contributed by atoms with van der Waals surface area (Å²) >= 11 is 0. The highest BCUT2D eigenvalue weighted by atomic mass is 19.1. The van der Waals surface area contributed by atoms with Crippen molar-refractivity contribution < 1.29 is 9.18 Å². The standard InChI is InChI=1S/C13H18FN3O/c1-10-8-11(14)2-3-12(10)17-6-4-16(5-7-17)9-13(15)18/h2-3,8H,4-7,9H2,1H3,(H2,15,18). The van der Waals surface area contributed by atoms with Crippen LogP contribution in [0.4, 0.5) is 10.1 Å². The van der Waals surface area contributed by atoms with E-state index in [1.807, 2.05) is 17.9 Å². The number of piperazine rings is 1. The molecule has 1 amide bonds. The summed E-state index contributed by atoms with van der Waals surface area (Å²) in [4.78, 5) is 15.1. The quantitative estimate of drug-likeness (QED) is 0.862. The van der Waals surface area contributed by atoms with E-state index in [0.717, 1.165) is 37.4 Å². The Morgan fingerprint density at radius 2 is 2.00 bits per heavy atom. The first-order chi connectivity index (χ1) is 8.56. The molecule has 1 aromatic rings. The van der Waals surface area contributed by atoms with E-state index in [1.165, 1.54) is 6.07 Å². The monoisotopic (exact) mass is 251 g/mol. The van der Waals surface area contributed by atoms with Gasteiger partial charge in [-0.05, 0) is 30.7 Å². The zero-order valence-corrected chi connectivity index (χ0v) is 10.5. The number of amides is 1. The van der Waals surface area contributed by atoms with E-state index in [0.29, 0.717) is 6.54 Å². The summed E-state index contributed by atoms with van der Waals surface area (Å²) in [5.74, 6) is -0.495. The van der Waals surface area contributed by atoms with Crippen LogP contribution in [-0.2, 0) is 4.79 Å². The predicted molar refractivity (Wildman–Crippen MR) is 69.0 cm³/mol. The summed E-state index contributed by atoms with van der Waals surface area (Å²) < 4.78 is 13.0. The summed E-state index contributed by atoms with van der Waals surface area (Å²) in [5.41, 5.74) is 7.18. The number of benzene rings is 1. The first kappa shape index (κ1) is 12.8. The summed E-state index contributed by atoms with van der Waals surface area (Å²) in [5, 5.41) is 0. The number of primary amides is 1. The van der Waals surface area contributed by atoms with Crippen molar-refractivity contribution in [3.63, 3.8) is 0 Å². The van der Waals surface area contributed by atoms with Gasteiger partial charge in [-0.15, -0.1) is 0 Å². The van der Waals surface area contributed by atoms with Crippen molar-refractivity contribution in [1.82, 2.24) is 4.90 Å². The number of rotatable bonds is 3. The minimum Gasteiger partial charge on any atom is -0.369 e. The van der Waals surface area contributed by atoms with E-state index in [1.54, 1.807) is 6.07 Å². The Balaban J connectivity index is 1.99. The number of halogens is 1. The lowest BCUT2D eigenvalue weighted by atomic mass is 10.1.